The molecule has 0 saturated heterocycles. The molecule has 0 unspecified atom stereocenters. The minimum absolute atomic E-state index is 0.372. The summed E-state index contributed by atoms with van der Waals surface area (Å²) in [5.41, 5.74) is 1.82. The third kappa shape index (κ3) is 4.65. The van der Waals surface area contributed by atoms with Crippen molar-refractivity contribution in [2.24, 2.45) is 0 Å². The Labute approximate surface area is 137 Å². The third-order valence-corrected chi connectivity index (χ3v) is 3.45. The summed E-state index contributed by atoms with van der Waals surface area (Å²) in [6.45, 7) is 5.11. The molecule has 0 aliphatic carbocycles. The van der Waals surface area contributed by atoms with Crippen LogP contribution in [0.5, 0.6) is 17.2 Å². The van der Waals surface area contributed by atoms with Crippen LogP contribution < -0.4 is 14.2 Å². The summed E-state index contributed by atoms with van der Waals surface area (Å²) in [7, 11) is 1.57. The van der Waals surface area contributed by atoms with Gasteiger partial charge in [-0.15, -0.1) is 0 Å². The Kier molecular flexibility index (Phi) is 5.87. The Bertz CT molecular complexity index is 672. The highest BCUT2D eigenvalue weighted by molar-refractivity contribution is 5.46. The van der Waals surface area contributed by atoms with E-state index in [2.05, 4.69) is 32.0 Å². The molecule has 2 aromatic carbocycles. The van der Waals surface area contributed by atoms with Crippen LogP contribution in [0.1, 0.15) is 30.9 Å². The van der Waals surface area contributed by atoms with Crippen LogP contribution in [-0.4, -0.2) is 20.3 Å². The second-order valence-electron chi connectivity index (χ2n) is 5.40. The van der Waals surface area contributed by atoms with E-state index < -0.39 is 0 Å². The van der Waals surface area contributed by atoms with Gasteiger partial charge < -0.3 is 14.2 Å². The molecule has 0 bridgehead atoms. The van der Waals surface area contributed by atoms with Gasteiger partial charge in [0.1, 0.15) is 19.0 Å². The fourth-order valence-corrected chi connectivity index (χ4v) is 2.12. The summed E-state index contributed by atoms with van der Waals surface area (Å²) in [4.78, 5) is 0. The van der Waals surface area contributed by atoms with Crippen LogP contribution in [-0.2, 0) is 0 Å². The molecule has 23 heavy (non-hydrogen) atoms. The molecular weight excluding hydrogens is 290 g/mol. The Hall–Kier alpha value is -2.67. The summed E-state index contributed by atoms with van der Waals surface area (Å²) in [6.07, 6.45) is 0. The van der Waals surface area contributed by atoms with Crippen LogP contribution >= 0.6 is 0 Å². The summed E-state index contributed by atoms with van der Waals surface area (Å²) < 4.78 is 16.5. The molecule has 0 heterocycles. The van der Waals surface area contributed by atoms with Crippen molar-refractivity contribution in [1.82, 2.24) is 0 Å². The zero-order valence-electron chi connectivity index (χ0n) is 13.7. The summed E-state index contributed by atoms with van der Waals surface area (Å²) in [6, 6.07) is 15.2. The molecule has 0 aliphatic heterocycles. The molecule has 120 valence electrons. The first-order valence-electron chi connectivity index (χ1n) is 7.57. The predicted octanol–water partition coefficient (Wildman–Crippen LogP) is 4.15. The van der Waals surface area contributed by atoms with E-state index in [-0.39, 0.29) is 0 Å². The summed E-state index contributed by atoms with van der Waals surface area (Å²) in [5, 5.41) is 8.94. The number of hydrogen-bond donors (Lipinski definition) is 0. The standard InChI is InChI=1S/C19H21NO3/c1-14(2)16-5-7-17(8-6-16)22-10-11-23-19-12-15(13-20)4-9-18(19)21-3/h4-9,12,14H,10-11H2,1-3H3. The molecule has 0 amide bonds. The predicted molar refractivity (Wildman–Crippen MR) is 89.2 cm³/mol. The van der Waals surface area contributed by atoms with Crippen molar-refractivity contribution in [3.05, 3.63) is 53.6 Å². The maximum Gasteiger partial charge on any atom is 0.162 e. The SMILES string of the molecule is COc1ccc(C#N)cc1OCCOc1ccc(C(C)C)cc1. The fourth-order valence-electron chi connectivity index (χ4n) is 2.12. The summed E-state index contributed by atoms with van der Waals surface area (Å²) in [5.74, 6) is 2.47. The molecule has 0 saturated carbocycles. The molecule has 2 aromatic rings. The van der Waals surface area contributed by atoms with Gasteiger partial charge in [-0.1, -0.05) is 26.0 Å². The highest BCUT2D eigenvalue weighted by atomic mass is 16.5. The van der Waals surface area contributed by atoms with Gasteiger partial charge in [-0.3, -0.25) is 0 Å². The van der Waals surface area contributed by atoms with E-state index in [0.29, 0.717) is 36.2 Å². The molecule has 0 N–H and O–H groups in total. The molecule has 0 aromatic heterocycles. The number of benzene rings is 2. The van der Waals surface area contributed by atoms with Crippen LogP contribution in [0.25, 0.3) is 0 Å². The Morgan fingerprint density at radius 2 is 1.65 bits per heavy atom. The lowest BCUT2D eigenvalue weighted by molar-refractivity contribution is 0.211. The maximum atomic E-state index is 8.94. The normalized spacial score (nSPS) is 10.2. The molecule has 4 heteroatoms. The first-order valence-corrected chi connectivity index (χ1v) is 7.57. The van der Waals surface area contributed by atoms with E-state index in [1.54, 1.807) is 25.3 Å². The average molecular weight is 311 g/mol. The van der Waals surface area contributed by atoms with Gasteiger partial charge in [0.2, 0.25) is 0 Å². The lowest BCUT2D eigenvalue weighted by atomic mass is 10.0. The van der Waals surface area contributed by atoms with E-state index in [4.69, 9.17) is 19.5 Å². The minimum Gasteiger partial charge on any atom is -0.493 e. The maximum absolute atomic E-state index is 8.94. The van der Waals surface area contributed by atoms with Crippen LogP contribution in [0, 0.1) is 11.3 Å². The number of rotatable bonds is 7. The van der Waals surface area contributed by atoms with Crippen LogP contribution in [0.3, 0.4) is 0 Å². The van der Waals surface area contributed by atoms with E-state index in [1.807, 2.05) is 12.1 Å². The monoisotopic (exact) mass is 311 g/mol. The molecule has 0 atom stereocenters. The number of hydrogen-bond acceptors (Lipinski definition) is 4. The van der Waals surface area contributed by atoms with Gasteiger partial charge >= 0.3 is 0 Å². The second kappa shape index (κ2) is 8.09. The average Bonchev–Trinajstić information content (AvgIpc) is 2.58. The van der Waals surface area contributed by atoms with Crippen LogP contribution in [0.4, 0.5) is 0 Å². The molecule has 0 fully saturated rings. The number of methoxy groups -OCH3 is 1. The van der Waals surface area contributed by atoms with E-state index in [9.17, 15) is 0 Å². The first-order chi connectivity index (χ1) is 11.1. The van der Waals surface area contributed by atoms with Gasteiger partial charge in [0.25, 0.3) is 0 Å². The lowest BCUT2D eigenvalue weighted by Crippen LogP contribution is -2.09. The Morgan fingerprint density at radius 1 is 0.957 bits per heavy atom. The van der Waals surface area contributed by atoms with Crippen molar-refractivity contribution in [3.8, 4) is 23.3 Å². The zero-order chi connectivity index (χ0) is 16.7. The van der Waals surface area contributed by atoms with Gasteiger partial charge in [0.05, 0.1) is 18.7 Å². The molecule has 4 nitrogen and oxygen atoms in total. The van der Waals surface area contributed by atoms with E-state index in [1.165, 1.54) is 5.56 Å². The highest BCUT2D eigenvalue weighted by Crippen LogP contribution is 2.27. The van der Waals surface area contributed by atoms with Crippen molar-refractivity contribution >= 4 is 0 Å². The quantitative estimate of drug-likeness (QED) is 0.721. The summed E-state index contributed by atoms with van der Waals surface area (Å²) >= 11 is 0. The van der Waals surface area contributed by atoms with Crippen molar-refractivity contribution in [2.45, 2.75) is 19.8 Å². The van der Waals surface area contributed by atoms with Gasteiger partial charge in [0.15, 0.2) is 11.5 Å². The highest BCUT2D eigenvalue weighted by Gasteiger charge is 2.06. The molecule has 0 aliphatic rings. The van der Waals surface area contributed by atoms with Gasteiger partial charge in [-0.05, 0) is 35.7 Å². The largest absolute Gasteiger partial charge is 0.493 e. The number of nitriles is 1. The van der Waals surface area contributed by atoms with Gasteiger partial charge in [-0.2, -0.15) is 5.26 Å². The van der Waals surface area contributed by atoms with E-state index in [0.717, 1.165) is 5.75 Å². The molecule has 0 radical (unpaired) electrons. The molecule has 2 rings (SSSR count). The fraction of sp³-hybridized carbons (Fsp3) is 0.316. The molecule has 0 spiro atoms. The van der Waals surface area contributed by atoms with Crippen molar-refractivity contribution < 1.29 is 14.2 Å². The number of nitrogens with zero attached hydrogens (tertiary/aromatic N) is 1. The van der Waals surface area contributed by atoms with Crippen molar-refractivity contribution in [3.63, 3.8) is 0 Å². The smallest absolute Gasteiger partial charge is 0.162 e. The zero-order valence-corrected chi connectivity index (χ0v) is 13.7. The molecular formula is C19H21NO3. The van der Waals surface area contributed by atoms with Gasteiger partial charge in [-0.25, -0.2) is 0 Å². The van der Waals surface area contributed by atoms with E-state index >= 15 is 0 Å². The third-order valence-electron chi connectivity index (χ3n) is 3.45. The van der Waals surface area contributed by atoms with Gasteiger partial charge in [0, 0.05) is 6.07 Å². The van der Waals surface area contributed by atoms with Crippen molar-refractivity contribution in [1.29, 1.82) is 5.26 Å². The van der Waals surface area contributed by atoms with Crippen LogP contribution in [0.15, 0.2) is 42.5 Å². The van der Waals surface area contributed by atoms with Crippen molar-refractivity contribution in [2.75, 3.05) is 20.3 Å². The second-order valence-corrected chi connectivity index (χ2v) is 5.40. The Balaban J connectivity index is 1.87. The topological polar surface area (TPSA) is 51.5 Å². The lowest BCUT2D eigenvalue weighted by Gasteiger charge is -2.12. The van der Waals surface area contributed by atoms with Crippen LogP contribution in [0.2, 0.25) is 0 Å². The number of ether oxygens (including phenoxy) is 3. The minimum atomic E-state index is 0.372. The first kappa shape index (κ1) is 16.7. The Morgan fingerprint density at radius 3 is 2.26 bits per heavy atom.